The molecule has 2 aliphatic rings. The van der Waals surface area contributed by atoms with Gasteiger partial charge in [-0.25, -0.2) is 0 Å². The predicted molar refractivity (Wildman–Crippen MR) is 60.2 cm³/mol. The van der Waals surface area contributed by atoms with Gasteiger partial charge < -0.3 is 19.8 Å². The molecule has 0 saturated carbocycles. The Kier molecular flexibility index (Phi) is 5.42. The molecule has 2 radical (unpaired) electrons. The number of ether oxygens (including phenoxy) is 1. The van der Waals surface area contributed by atoms with Crippen LogP contribution in [-0.2, 0) is 46.7 Å². The Hall–Kier alpha value is -0.581. The molecule has 0 aromatic heterocycles. The molecule has 3 rings (SSSR count). The third kappa shape index (κ3) is 3.12. The molecule has 1 saturated heterocycles. The molecule has 7 heteroatoms. The van der Waals surface area contributed by atoms with Crippen molar-refractivity contribution in [2.75, 3.05) is 13.2 Å². The van der Waals surface area contributed by atoms with Crippen LogP contribution in [0.2, 0.25) is 0 Å². The van der Waals surface area contributed by atoms with Gasteiger partial charge in [0.1, 0.15) is 0 Å². The zero-order chi connectivity index (χ0) is 11.9. The van der Waals surface area contributed by atoms with Gasteiger partial charge in [0, 0.05) is 55.5 Å². The molecule has 100 valence electrons. The van der Waals surface area contributed by atoms with Crippen molar-refractivity contribution in [3.05, 3.63) is 23.8 Å². The normalized spacial score (nSPS) is 24.3. The molecule has 0 bridgehead atoms. The van der Waals surface area contributed by atoms with E-state index < -0.39 is 0 Å². The SMILES string of the molecule is Oc1ccc(C2=NOC3(CCOC3)C2)cc1O.[V].[V]. The second kappa shape index (κ2) is 6.25. The number of phenols is 2. The van der Waals surface area contributed by atoms with Gasteiger partial charge in [0.05, 0.1) is 18.9 Å². The van der Waals surface area contributed by atoms with E-state index in [1.54, 1.807) is 6.07 Å². The molecule has 0 amide bonds. The Bertz CT molecular complexity index is 487. The maximum Gasteiger partial charge on any atom is 0.168 e. The number of hydrogen-bond acceptors (Lipinski definition) is 5. The Morgan fingerprint density at radius 3 is 2.58 bits per heavy atom. The Labute approximate surface area is 134 Å². The molecule has 2 aliphatic heterocycles. The second-order valence-corrected chi connectivity index (χ2v) is 4.50. The summed E-state index contributed by atoms with van der Waals surface area (Å²) < 4.78 is 5.32. The van der Waals surface area contributed by atoms with Crippen molar-refractivity contribution >= 4 is 5.71 Å². The van der Waals surface area contributed by atoms with Crippen LogP contribution in [0.4, 0.5) is 0 Å². The van der Waals surface area contributed by atoms with E-state index in [-0.39, 0.29) is 54.2 Å². The van der Waals surface area contributed by atoms with Crippen LogP contribution in [0.1, 0.15) is 18.4 Å². The van der Waals surface area contributed by atoms with Gasteiger partial charge in [-0.05, 0) is 18.2 Å². The van der Waals surface area contributed by atoms with Gasteiger partial charge in [0.15, 0.2) is 17.1 Å². The van der Waals surface area contributed by atoms with Crippen molar-refractivity contribution in [2.45, 2.75) is 18.4 Å². The van der Waals surface area contributed by atoms with Crippen LogP contribution in [0.5, 0.6) is 11.5 Å². The first kappa shape index (κ1) is 16.5. The van der Waals surface area contributed by atoms with E-state index in [9.17, 15) is 10.2 Å². The molecule has 1 fully saturated rings. The zero-order valence-electron chi connectivity index (χ0n) is 10.1. The van der Waals surface area contributed by atoms with Crippen molar-refractivity contribution in [3.8, 4) is 11.5 Å². The van der Waals surface area contributed by atoms with Gasteiger partial charge in [0.25, 0.3) is 0 Å². The number of hydrogen-bond donors (Lipinski definition) is 2. The summed E-state index contributed by atoms with van der Waals surface area (Å²) in [4.78, 5) is 5.46. The third-order valence-corrected chi connectivity index (χ3v) is 3.21. The maximum atomic E-state index is 9.45. The largest absolute Gasteiger partial charge is 0.504 e. The summed E-state index contributed by atoms with van der Waals surface area (Å²) in [5.41, 5.74) is 1.23. The topological polar surface area (TPSA) is 71.3 Å². The number of aromatic hydroxyl groups is 2. The number of oxime groups is 1. The Balaban J connectivity index is 0.000000902. The van der Waals surface area contributed by atoms with Crippen LogP contribution in [0.3, 0.4) is 0 Å². The maximum absolute atomic E-state index is 9.45. The molecule has 1 aromatic rings. The smallest absolute Gasteiger partial charge is 0.168 e. The standard InChI is InChI=1S/C12H13NO4.2V/c14-10-2-1-8(5-11(10)15)9-6-12(17-13-9)3-4-16-7-12;;/h1-2,5,14-15H,3-4,6-7H2;;. The minimum absolute atomic E-state index is 0. The number of benzene rings is 1. The number of phenolic OH excluding ortho intramolecular Hbond substituents is 2. The average molecular weight is 337 g/mol. The van der Waals surface area contributed by atoms with Crippen LogP contribution < -0.4 is 0 Å². The van der Waals surface area contributed by atoms with E-state index in [0.717, 1.165) is 17.7 Å². The third-order valence-electron chi connectivity index (χ3n) is 3.21. The fourth-order valence-electron chi connectivity index (χ4n) is 2.18. The first-order valence-electron chi connectivity index (χ1n) is 5.54. The van der Waals surface area contributed by atoms with Crippen LogP contribution in [0.25, 0.3) is 0 Å². The van der Waals surface area contributed by atoms with Crippen molar-refractivity contribution in [3.63, 3.8) is 0 Å². The van der Waals surface area contributed by atoms with Gasteiger partial charge in [0.2, 0.25) is 0 Å². The average Bonchev–Trinajstić information content (AvgIpc) is 2.94. The van der Waals surface area contributed by atoms with Crippen molar-refractivity contribution < 1.29 is 56.9 Å². The van der Waals surface area contributed by atoms with E-state index in [1.807, 2.05) is 0 Å². The van der Waals surface area contributed by atoms with E-state index in [0.29, 0.717) is 19.6 Å². The fourth-order valence-corrected chi connectivity index (χ4v) is 2.18. The van der Waals surface area contributed by atoms with E-state index in [4.69, 9.17) is 9.57 Å². The minimum Gasteiger partial charge on any atom is -0.504 e. The molecular formula is C12H13NO4V2. The molecule has 19 heavy (non-hydrogen) atoms. The first-order valence-corrected chi connectivity index (χ1v) is 5.54. The molecule has 1 spiro atoms. The van der Waals surface area contributed by atoms with Crippen LogP contribution >= 0.6 is 0 Å². The fraction of sp³-hybridized carbons (Fsp3) is 0.417. The Morgan fingerprint density at radius 2 is 1.95 bits per heavy atom. The summed E-state index contributed by atoms with van der Waals surface area (Å²) in [5, 5.41) is 22.8. The van der Waals surface area contributed by atoms with E-state index in [2.05, 4.69) is 5.16 Å². The molecular weight excluding hydrogens is 324 g/mol. The number of nitrogens with zero attached hydrogens (tertiary/aromatic N) is 1. The second-order valence-electron chi connectivity index (χ2n) is 4.50. The van der Waals surface area contributed by atoms with Gasteiger partial charge in [-0.3, -0.25) is 0 Å². The molecule has 1 aromatic carbocycles. The molecule has 0 aliphatic carbocycles. The van der Waals surface area contributed by atoms with Gasteiger partial charge >= 0.3 is 0 Å². The molecule has 2 N–H and O–H groups in total. The summed E-state index contributed by atoms with van der Waals surface area (Å²) in [7, 11) is 0. The van der Waals surface area contributed by atoms with Crippen molar-refractivity contribution in [1.29, 1.82) is 0 Å². The minimum atomic E-state index is -0.317. The van der Waals surface area contributed by atoms with Gasteiger partial charge in [-0.1, -0.05) is 5.16 Å². The van der Waals surface area contributed by atoms with Crippen LogP contribution in [0.15, 0.2) is 23.4 Å². The molecule has 1 unspecified atom stereocenters. The quantitative estimate of drug-likeness (QED) is 0.760. The van der Waals surface area contributed by atoms with Gasteiger partial charge in [-0.15, -0.1) is 0 Å². The molecule has 5 nitrogen and oxygen atoms in total. The zero-order valence-corrected chi connectivity index (χ0v) is 12.9. The van der Waals surface area contributed by atoms with E-state index in [1.165, 1.54) is 12.1 Å². The molecule has 2 heterocycles. The Morgan fingerprint density at radius 1 is 1.16 bits per heavy atom. The van der Waals surface area contributed by atoms with Gasteiger partial charge in [-0.2, -0.15) is 0 Å². The van der Waals surface area contributed by atoms with E-state index >= 15 is 0 Å². The summed E-state index contributed by atoms with van der Waals surface area (Å²) >= 11 is 0. The first-order chi connectivity index (χ1) is 8.19. The van der Waals surface area contributed by atoms with Crippen LogP contribution in [-0.4, -0.2) is 34.7 Å². The number of rotatable bonds is 1. The summed E-state index contributed by atoms with van der Waals surface area (Å²) in [6.07, 6.45) is 1.52. The van der Waals surface area contributed by atoms with Crippen molar-refractivity contribution in [2.24, 2.45) is 5.16 Å². The summed E-state index contributed by atoms with van der Waals surface area (Å²) in [6, 6.07) is 4.65. The monoisotopic (exact) mass is 337 g/mol. The van der Waals surface area contributed by atoms with Crippen LogP contribution in [0, 0.1) is 0 Å². The summed E-state index contributed by atoms with van der Waals surface area (Å²) in [5.74, 6) is -0.277. The summed E-state index contributed by atoms with van der Waals surface area (Å²) in [6.45, 7) is 1.26. The van der Waals surface area contributed by atoms with Crippen molar-refractivity contribution in [1.82, 2.24) is 0 Å². The predicted octanol–water partition coefficient (Wildman–Crippen LogP) is 1.38. The molecule has 1 atom stereocenters.